The van der Waals surface area contributed by atoms with E-state index in [1.54, 1.807) is 11.6 Å². The van der Waals surface area contributed by atoms with Crippen LogP contribution in [-0.4, -0.2) is 17.2 Å². The van der Waals surface area contributed by atoms with E-state index in [9.17, 15) is 0 Å². The highest BCUT2D eigenvalue weighted by Gasteiger charge is 2.15. The molecule has 2 heterocycles. The van der Waals surface area contributed by atoms with E-state index in [2.05, 4.69) is 10.1 Å². The fourth-order valence-electron chi connectivity index (χ4n) is 1.83. The van der Waals surface area contributed by atoms with Crippen LogP contribution in [0.15, 0.2) is 54.7 Å². The maximum Gasteiger partial charge on any atom is 0.299 e. The second-order valence-electron chi connectivity index (χ2n) is 3.84. The van der Waals surface area contributed by atoms with Gasteiger partial charge in [0.1, 0.15) is 0 Å². The van der Waals surface area contributed by atoms with Crippen molar-refractivity contribution in [2.45, 2.75) is 0 Å². The number of hydrogen-bond acceptors (Lipinski definition) is 3. The van der Waals surface area contributed by atoms with Crippen molar-refractivity contribution in [3.8, 4) is 17.3 Å². The van der Waals surface area contributed by atoms with E-state index in [-0.39, 0.29) is 0 Å². The lowest BCUT2D eigenvalue weighted by Gasteiger charge is -2.01. The molecule has 0 saturated carbocycles. The number of ether oxygens (including phenoxy) is 1. The molecule has 0 bridgehead atoms. The first-order valence-electron chi connectivity index (χ1n) is 5.66. The van der Waals surface area contributed by atoms with Crippen LogP contribution in [0.2, 0.25) is 0 Å². The predicted octanol–water partition coefficient (Wildman–Crippen LogP) is 1.89. The van der Waals surface area contributed by atoms with Crippen molar-refractivity contribution in [1.82, 2.24) is 10.1 Å². The third-order valence-electron chi connectivity index (χ3n) is 2.69. The molecule has 1 aromatic carbocycles. The zero-order valence-corrected chi connectivity index (χ0v) is 9.95. The summed E-state index contributed by atoms with van der Waals surface area (Å²) in [6, 6.07) is 15.6. The number of methoxy groups -OCH3 is 1. The topological polar surface area (TPSA) is 39.1 Å². The van der Waals surface area contributed by atoms with Crippen LogP contribution in [0.25, 0.3) is 16.9 Å². The Bertz CT molecular complexity index is 683. The van der Waals surface area contributed by atoms with Crippen molar-refractivity contribution in [3.63, 3.8) is 0 Å². The van der Waals surface area contributed by atoms with Gasteiger partial charge in [0.15, 0.2) is 0 Å². The summed E-state index contributed by atoms with van der Waals surface area (Å²) in [6.45, 7) is 0. The van der Waals surface area contributed by atoms with Crippen LogP contribution in [0.3, 0.4) is 0 Å². The molecule has 2 aromatic heterocycles. The second-order valence-corrected chi connectivity index (χ2v) is 3.84. The van der Waals surface area contributed by atoms with Crippen molar-refractivity contribution in [3.05, 3.63) is 54.7 Å². The molecule has 0 N–H and O–H groups in total. The number of pyridine rings is 1. The Morgan fingerprint density at radius 3 is 2.56 bits per heavy atom. The average Bonchev–Trinajstić information content (AvgIpc) is 2.47. The first kappa shape index (κ1) is 10.7. The van der Waals surface area contributed by atoms with Gasteiger partial charge in [0.25, 0.3) is 11.4 Å². The second kappa shape index (κ2) is 4.41. The molecule has 4 heteroatoms. The lowest BCUT2D eigenvalue weighted by atomic mass is 10.2. The maximum absolute atomic E-state index is 5.32. The summed E-state index contributed by atoms with van der Waals surface area (Å²) in [4.78, 5) is 4.44. The van der Waals surface area contributed by atoms with E-state index in [0.29, 0.717) is 11.7 Å². The van der Waals surface area contributed by atoms with Crippen molar-refractivity contribution < 1.29 is 9.25 Å². The van der Waals surface area contributed by atoms with Gasteiger partial charge >= 0.3 is 0 Å². The highest BCUT2D eigenvalue weighted by Crippen LogP contribution is 2.18. The van der Waals surface area contributed by atoms with Gasteiger partial charge in [-0.15, -0.1) is 0 Å². The van der Waals surface area contributed by atoms with E-state index in [4.69, 9.17) is 4.74 Å². The number of benzene rings is 1. The summed E-state index contributed by atoms with van der Waals surface area (Å²) in [5.41, 5.74) is 1.81. The minimum absolute atomic E-state index is 0.574. The highest BCUT2D eigenvalue weighted by atomic mass is 16.5. The first-order chi connectivity index (χ1) is 8.88. The van der Waals surface area contributed by atoms with Crippen LogP contribution in [0.1, 0.15) is 0 Å². The molecule has 0 saturated heterocycles. The van der Waals surface area contributed by atoms with Gasteiger partial charge in [0, 0.05) is 22.8 Å². The summed E-state index contributed by atoms with van der Waals surface area (Å²) in [6.07, 6.45) is 1.88. The van der Waals surface area contributed by atoms with Crippen LogP contribution >= 0.6 is 0 Å². The summed E-state index contributed by atoms with van der Waals surface area (Å²) >= 11 is 0. The number of rotatable bonds is 2. The zero-order chi connectivity index (χ0) is 12.4. The molecule has 3 rings (SSSR count). The normalized spacial score (nSPS) is 10.5. The van der Waals surface area contributed by atoms with Crippen LogP contribution in [0.5, 0.6) is 5.88 Å². The summed E-state index contributed by atoms with van der Waals surface area (Å²) in [7, 11) is 1.62. The van der Waals surface area contributed by atoms with E-state index < -0.39 is 0 Å². The van der Waals surface area contributed by atoms with E-state index in [1.165, 1.54) is 0 Å². The van der Waals surface area contributed by atoms with Crippen LogP contribution < -0.4 is 9.25 Å². The Morgan fingerprint density at radius 1 is 1.00 bits per heavy atom. The van der Waals surface area contributed by atoms with Gasteiger partial charge in [0.2, 0.25) is 12.0 Å². The molecule has 0 radical (unpaired) electrons. The molecular formula is C14H12N3O+. The van der Waals surface area contributed by atoms with Gasteiger partial charge in [-0.3, -0.25) is 0 Å². The number of nitrogens with zero attached hydrogens (tertiary/aromatic N) is 3. The fraction of sp³-hybridized carbons (Fsp3) is 0.0714. The first-order valence-corrected chi connectivity index (χ1v) is 5.66. The highest BCUT2D eigenvalue weighted by molar-refractivity contribution is 5.57. The molecule has 18 heavy (non-hydrogen) atoms. The quantitative estimate of drug-likeness (QED) is 0.640. The van der Waals surface area contributed by atoms with Gasteiger partial charge in [-0.25, -0.2) is 0 Å². The van der Waals surface area contributed by atoms with E-state index in [1.807, 2.05) is 54.7 Å². The number of hydrogen-bond donors (Lipinski definition) is 0. The molecule has 0 unspecified atom stereocenters. The monoisotopic (exact) mass is 238 g/mol. The number of fused-ring (bicyclic) bond motifs is 1. The molecule has 3 aromatic rings. The minimum atomic E-state index is 0.574. The SMILES string of the molecule is COc1nc(-c2ccccc2)n[n+]2ccccc12. The Kier molecular flexibility index (Phi) is 2.61. The molecule has 0 spiro atoms. The molecule has 0 atom stereocenters. The Balaban J connectivity index is 2.26. The maximum atomic E-state index is 5.32. The lowest BCUT2D eigenvalue weighted by molar-refractivity contribution is -0.580. The Labute approximate surface area is 105 Å². The smallest absolute Gasteiger partial charge is 0.299 e. The minimum Gasteiger partial charge on any atom is -0.476 e. The van der Waals surface area contributed by atoms with Gasteiger partial charge in [0.05, 0.1) is 7.11 Å². The van der Waals surface area contributed by atoms with Gasteiger partial charge < -0.3 is 4.74 Å². The van der Waals surface area contributed by atoms with Gasteiger partial charge in [-0.05, 0) is 10.6 Å². The molecular weight excluding hydrogens is 226 g/mol. The summed E-state index contributed by atoms with van der Waals surface area (Å²) in [5, 5.41) is 4.48. The van der Waals surface area contributed by atoms with Crippen LogP contribution in [0.4, 0.5) is 0 Å². The molecule has 0 aliphatic rings. The van der Waals surface area contributed by atoms with Crippen molar-refractivity contribution >= 4 is 5.52 Å². The third kappa shape index (κ3) is 1.78. The molecule has 4 nitrogen and oxygen atoms in total. The van der Waals surface area contributed by atoms with Gasteiger partial charge in [-0.2, -0.15) is 4.98 Å². The van der Waals surface area contributed by atoms with Crippen LogP contribution in [-0.2, 0) is 0 Å². The van der Waals surface area contributed by atoms with Crippen molar-refractivity contribution in [2.75, 3.05) is 7.11 Å². The van der Waals surface area contributed by atoms with Crippen molar-refractivity contribution in [2.24, 2.45) is 0 Å². The average molecular weight is 238 g/mol. The zero-order valence-electron chi connectivity index (χ0n) is 9.95. The molecule has 0 fully saturated rings. The molecule has 0 aliphatic heterocycles. The Hall–Kier alpha value is -2.49. The van der Waals surface area contributed by atoms with Crippen LogP contribution in [0, 0.1) is 0 Å². The molecule has 0 aliphatic carbocycles. The summed E-state index contributed by atoms with van der Waals surface area (Å²) in [5.74, 6) is 1.22. The predicted molar refractivity (Wildman–Crippen MR) is 67.2 cm³/mol. The Morgan fingerprint density at radius 2 is 1.78 bits per heavy atom. The molecule has 88 valence electrons. The van der Waals surface area contributed by atoms with Crippen molar-refractivity contribution in [1.29, 1.82) is 0 Å². The standard InChI is InChI=1S/C14H12N3O/c1-18-14-12-9-5-6-10-17(12)16-13(15-14)11-7-3-2-4-8-11/h2-10H,1H3/q+1. The van der Waals surface area contributed by atoms with E-state index in [0.717, 1.165) is 11.1 Å². The van der Waals surface area contributed by atoms with E-state index >= 15 is 0 Å². The fourth-order valence-corrected chi connectivity index (χ4v) is 1.83. The summed E-state index contributed by atoms with van der Waals surface area (Å²) < 4.78 is 7.09. The third-order valence-corrected chi connectivity index (χ3v) is 2.69. The number of aromatic nitrogens is 3. The molecule has 0 amide bonds. The van der Waals surface area contributed by atoms with Gasteiger partial charge in [-0.1, -0.05) is 30.3 Å². The largest absolute Gasteiger partial charge is 0.476 e. The lowest BCUT2D eigenvalue weighted by Crippen LogP contribution is -2.28.